The first-order valence-corrected chi connectivity index (χ1v) is 7.20. The van der Waals surface area contributed by atoms with Gasteiger partial charge in [-0.05, 0) is 32.9 Å². The summed E-state index contributed by atoms with van der Waals surface area (Å²) in [4.78, 5) is 14.7. The standard InChI is InChI=1S/C16H16F3N3O2/c1-4-24-15(23)13-9(2)14(20-10(13)3)22-21-12-8-6-5-7-11(12)16(17,18)19/h5-8,20H,4H2,1-3H3. The number of alkyl halides is 3. The first-order valence-electron chi connectivity index (χ1n) is 7.20. The number of ether oxygens (including phenoxy) is 1. The van der Waals surface area contributed by atoms with E-state index in [0.29, 0.717) is 16.8 Å². The van der Waals surface area contributed by atoms with Crippen LogP contribution >= 0.6 is 0 Å². The number of benzene rings is 1. The van der Waals surface area contributed by atoms with Crippen molar-refractivity contribution >= 4 is 17.5 Å². The fourth-order valence-electron chi connectivity index (χ4n) is 2.25. The second-order valence-corrected chi connectivity index (χ2v) is 5.03. The average molecular weight is 339 g/mol. The molecule has 0 saturated carbocycles. The minimum Gasteiger partial charge on any atom is -0.462 e. The molecule has 0 unspecified atom stereocenters. The van der Waals surface area contributed by atoms with Crippen LogP contribution in [0.2, 0.25) is 0 Å². The van der Waals surface area contributed by atoms with Crippen molar-refractivity contribution in [2.75, 3.05) is 6.61 Å². The number of aromatic amines is 1. The van der Waals surface area contributed by atoms with Gasteiger partial charge in [0.1, 0.15) is 0 Å². The molecule has 2 aromatic rings. The third kappa shape index (κ3) is 3.64. The van der Waals surface area contributed by atoms with E-state index >= 15 is 0 Å². The van der Waals surface area contributed by atoms with Crippen LogP contribution < -0.4 is 0 Å². The van der Waals surface area contributed by atoms with Crippen molar-refractivity contribution in [1.82, 2.24) is 4.98 Å². The zero-order valence-corrected chi connectivity index (χ0v) is 13.4. The maximum atomic E-state index is 12.9. The number of esters is 1. The Morgan fingerprint density at radius 1 is 1.21 bits per heavy atom. The van der Waals surface area contributed by atoms with E-state index in [-0.39, 0.29) is 18.1 Å². The molecule has 5 nitrogen and oxygen atoms in total. The van der Waals surface area contributed by atoms with E-state index in [1.54, 1.807) is 20.8 Å². The number of carbonyl (C=O) groups is 1. The van der Waals surface area contributed by atoms with Crippen molar-refractivity contribution in [3.8, 4) is 0 Å². The summed E-state index contributed by atoms with van der Waals surface area (Å²) in [5.41, 5.74) is 0.132. The van der Waals surface area contributed by atoms with E-state index in [2.05, 4.69) is 15.2 Å². The van der Waals surface area contributed by atoms with Crippen LogP contribution in [0.25, 0.3) is 0 Å². The Bertz CT molecular complexity index is 779. The van der Waals surface area contributed by atoms with Gasteiger partial charge in [0.25, 0.3) is 0 Å². The van der Waals surface area contributed by atoms with Gasteiger partial charge in [-0.2, -0.15) is 13.2 Å². The molecule has 0 amide bonds. The molecule has 0 fully saturated rings. The van der Waals surface area contributed by atoms with Gasteiger partial charge in [0, 0.05) is 11.3 Å². The molecule has 0 aliphatic carbocycles. The molecule has 0 atom stereocenters. The summed E-state index contributed by atoms with van der Waals surface area (Å²) in [7, 11) is 0. The number of nitrogens with zero attached hydrogens (tertiary/aromatic N) is 2. The number of nitrogens with one attached hydrogen (secondary N) is 1. The molecule has 24 heavy (non-hydrogen) atoms. The Balaban J connectivity index is 2.38. The number of aromatic nitrogens is 1. The van der Waals surface area contributed by atoms with Crippen molar-refractivity contribution in [2.45, 2.75) is 26.9 Å². The molecule has 0 aliphatic rings. The second kappa shape index (κ2) is 6.86. The summed E-state index contributed by atoms with van der Waals surface area (Å²) >= 11 is 0. The van der Waals surface area contributed by atoms with Gasteiger partial charge in [-0.25, -0.2) is 4.79 Å². The molecule has 1 N–H and O–H groups in total. The molecule has 2 rings (SSSR count). The summed E-state index contributed by atoms with van der Waals surface area (Å²) in [5, 5.41) is 7.52. The Kier molecular flexibility index (Phi) is 5.06. The molecule has 0 aliphatic heterocycles. The molecule has 1 heterocycles. The van der Waals surface area contributed by atoms with Crippen LogP contribution in [0.4, 0.5) is 24.7 Å². The van der Waals surface area contributed by atoms with Crippen LogP contribution in [0.3, 0.4) is 0 Å². The predicted octanol–water partition coefficient (Wildman–Crippen LogP) is 5.24. The normalized spacial score (nSPS) is 11.9. The van der Waals surface area contributed by atoms with Crippen molar-refractivity contribution in [2.24, 2.45) is 10.2 Å². The first kappa shape index (κ1) is 17.7. The minimum atomic E-state index is -4.52. The largest absolute Gasteiger partial charge is 0.462 e. The van der Waals surface area contributed by atoms with Gasteiger partial charge in [-0.3, -0.25) is 0 Å². The van der Waals surface area contributed by atoms with Crippen molar-refractivity contribution in [3.05, 3.63) is 46.6 Å². The minimum absolute atomic E-state index is 0.215. The van der Waals surface area contributed by atoms with Crippen molar-refractivity contribution < 1.29 is 22.7 Å². The lowest BCUT2D eigenvalue weighted by Crippen LogP contribution is -2.06. The maximum absolute atomic E-state index is 12.9. The average Bonchev–Trinajstić information content (AvgIpc) is 2.79. The lowest BCUT2D eigenvalue weighted by molar-refractivity contribution is -0.137. The van der Waals surface area contributed by atoms with Gasteiger partial charge in [0.15, 0.2) is 5.82 Å². The quantitative estimate of drug-likeness (QED) is 0.611. The fraction of sp³-hybridized carbons (Fsp3) is 0.312. The zero-order chi connectivity index (χ0) is 17.9. The van der Waals surface area contributed by atoms with Crippen LogP contribution in [0.15, 0.2) is 34.5 Å². The van der Waals surface area contributed by atoms with Gasteiger partial charge in [0.05, 0.1) is 23.4 Å². The molecular formula is C16H16F3N3O2. The SMILES string of the molecule is CCOC(=O)c1c(C)[nH]c(N=Nc2ccccc2C(F)(F)F)c1C. The lowest BCUT2D eigenvalue weighted by Gasteiger charge is -2.08. The number of azo groups is 1. The number of halogens is 3. The molecule has 0 bridgehead atoms. The lowest BCUT2D eigenvalue weighted by atomic mass is 10.1. The molecule has 0 spiro atoms. The summed E-state index contributed by atoms with van der Waals surface area (Å²) in [6.45, 7) is 5.18. The number of hydrogen-bond donors (Lipinski definition) is 1. The summed E-state index contributed by atoms with van der Waals surface area (Å²) in [6, 6.07) is 4.89. The van der Waals surface area contributed by atoms with Crippen LogP contribution in [-0.4, -0.2) is 17.6 Å². The third-order valence-corrected chi connectivity index (χ3v) is 3.36. The van der Waals surface area contributed by atoms with Gasteiger partial charge in [-0.15, -0.1) is 10.2 Å². The first-order chi connectivity index (χ1) is 11.3. The van der Waals surface area contributed by atoms with Gasteiger partial charge < -0.3 is 9.72 Å². The van der Waals surface area contributed by atoms with Gasteiger partial charge >= 0.3 is 12.1 Å². The number of H-pyrrole nitrogens is 1. The molecule has 128 valence electrons. The highest BCUT2D eigenvalue weighted by atomic mass is 19.4. The number of hydrogen-bond acceptors (Lipinski definition) is 4. The summed E-state index contributed by atoms with van der Waals surface area (Å²) in [6.07, 6.45) is -4.52. The van der Waals surface area contributed by atoms with E-state index in [1.807, 2.05) is 0 Å². The van der Waals surface area contributed by atoms with Crippen LogP contribution in [0.5, 0.6) is 0 Å². The molecular weight excluding hydrogens is 323 g/mol. The monoisotopic (exact) mass is 339 g/mol. The molecule has 8 heteroatoms. The second-order valence-electron chi connectivity index (χ2n) is 5.03. The smallest absolute Gasteiger partial charge is 0.418 e. The highest BCUT2D eigenvalue weighted by molar-refractivity contribution is 5.94. The van der Waals surface area contributed by atoms with E-state index in [1.165, 1.54) is 18.2 Å². The Labute approximate surface area is 136 Å². The van der Waals surface area contributed by atoms with Crippen molar-refractivity contribution in [3.63, 3.8) is 0 Å². The van der Waals surface area contributed by atoms with Crippen molar-refractivity contribution in [1.29, 1.82) is 0 Å². The zero-order valence-electron chi connectivity index (χ0n) is 13.4. The summed E-state index contributed by atoms with van der Waals surface area (Å²) < 4.78 is 43.8. The van der Waals surface area contributed by atoms with Crippen LogP contribution in [0.1, 0.15) is 34.1 Å². The highest BCUT2D eigenvalue weighted by Crippen LogP contribution is 2.37. The summed E-state index contributed by atoms with van der Waals surface area (Å²) in [5.74, 6) is -0.298. The van der Waals surface area contributed by atoms with Crippen LogP contribution in [-0.2, 0) is 10.9 Å². The number of rotatable bonds is 4. The maximum Gasteiger partial charge on any atom is 0.418 e. The van der Waals surface area contributed by atoms with Crippen LogP contribution in [0, 0.1) is 13.8 Å². The van der Waals surface area contributed by atoms with Gasteiger partial charge in [0.2, 0.25) is 0 Å². The Morgan fingerprint density at radius 3 is 2.50 bits per heavy atom. The fourth-order valence-corrected chi connectivity index (χ4v) is 2.25. The predicted molar refractivity (Wildman–Crippen MR) is 81.8 cm³/mol. The molecule has 1 aromatic heterocycles. The van der Waals surface area contributed by atoms with E-state index in [0.717, 1.165) is 6.07 Å². The highest BCUT2D eigenvalue weighted by Gasteiger charge is 2.33. The topological polar surface area (TPSA) is 66.8 Å². The Morgan fingerprint density at radius 2 is 1.88 bits per heavy atom. The van der Waals surface area contributed by atoms with E-state index < -0.39 is 17.7 Å². The van der Waals surface area contributed by atoms with E-state index in [4.69, 9.17) is 4.74 Å². The third-order valence-electron chi connectivity index (χ3n) is 3.36. The number of carbonyl (C=O) groups excluding carboxylic acids is 1. The molecule has 0 saturated heterocycles. The van der Waals surface area contributed by atoms with Gasteiger partial charge in [-0.1, -0.05) is 12.1 Å². The molecule has 1 aromatic carbocycles. The molecule has 0 radical (unpaired) electrons. The van der Waals surface area contributed by atoms with E-state index in [9.17, 15) is 18.0 Å². The number of aryl methyl sites for hydroxylation is 1. The Hall–Kier alpha value is -2.64.